The van der Waals surface area contributed by atoms with E-state index in [9.17, 15) is 0 Å². The van der Waals surface area contributed by atoms with Crippen LogP contribution in [0.1, 0.15) is 29.9 Å². The van der Waals surface area contributed by atoms with Crippen LogP contribution in [0, 0.1) is 13.8 Å². The molecule has 7 nitrogen and oxygen atoms in total. The van der Waals surface area contributed by atoms with Gasteiger partial charge in [-0.25, -0.2) is 15.0 Å². The van der Waals surface area contributed by atoms with Gasteiger partial charge in [0.15, 0.2) is 0 Å². The summed E-state index contributed by atoms with van der Waals surface area (Å²) in [6.45, 7) is 9.51. The topological polar surface area (TPSA) is 70.1 Å². The van der Waals surface area contributed by atoms with Gasteiger partial charge in [0, 0.05) is 49.0 Å². The van der Waals surface area contributed by atoms with E-state index in [-0.39, 0.29) is 6.04 Å². The second kappa shape index (κ2) is 9.02. The van der Waals surface area contributed by atoms with Gasteiger partial charge >= 0.3 is 0 Å². The lowest BCUT2D eigenvalue weighted by molar-refractivity contribution is 0.627. The van der Waals surface area contributed by atoms with Crippen LogP contribution in [0.5, 0.6) is 0 Å². The summed E-state index contributed by atoms with van der Waals surface area (Å²) in [5.41, 5.74) is 4.18. The lowest BCUT2D eigenvalue weighted by Crippen LogP contribution is -2.47. The Labute approximate surface area is 194 Å². The number of nitrogens with zero attached hydrogens (tertiary/aromatic N) is 6. The predicted molar refractivity (Wildman–Crippen MR) is 134 cm³/mol. The van der Waals surface area contributed by atoms with Gasteiger partial charge in [-0.05, 0) is 44.5 Å². The van der Waals surface area contributed by atoms with Gasteiger partial charge in [0.25, 0.3) is 0 Å². The molecule has 1 atom stereocenters. The molecule has 0 radical (unpaired) electrons. The van der Waals surface area contributed by atoms with Crippen LogP contribution in [-0.2, 0) is 0 Å². The average Bonchev–Trinajstić information content (AvgIpc) is 2.84. The standard InChI is InChI=1S/C26H29N7/c1-18-17-19(2)28-25(27-18)32-13-15-33(16-14-32)26-30-23-12-8-7-11-22(23)24(31-26)29-20(3)21-9-5-4-6-10-21/h4-12,17,20H,13-16H2,1-3H3,(H,29,30,31). The number of hydrogen-bond acceptors (Lipinski definition) is 7. The third kappa shape index (κ3) is 4.58. The van der Waals surface area contributed by atoms with Gasteiger partial charge in [-0.1, -0.05) is 42.5 Å². The molecule has 5 rings (SSSR count). The van der Waals surface area contributed by atoms with E-state index >= 15 is 0 Å². The minimum Gasteiger partial charge on any atom is -0.363 e. The van der Waals surface area contributed by atoms with Crippen molar-refractivity contribution in [2.24, 2.45) is 0 Å². The van der Waals surface area contributed by atoms with Crippen molar-refractivity contribution in [1.82, 2.24) is 19.9 Å². The molecule has 33 heavy (non-hydrogen) atoms. The number of fused-ring (bicyclic) bond motifs is 1. The number of anilines is 3. The summed E-state index contributed by atoms with van der Waals surface area (Å²) in [6.07, 6.45) is 0. The van der Waals surface area contributed by atoms with Crippen molar-refractivity contribution in [3.8, 4) is 0 Å². The molecule has 4 aromatic rings. The van der Waals surface area contributed by atoms with E-state index in [1.807, 2.05) is 38.1 Å². The summed E-state index contributed by atoms with van der Waals surface area (Å²) in [5.74, 6) is 2.44. The van der Waals surface area contributed by atoms with Crippen molar-refractivity contribution in [1.29, 1.82) is 0 Å². The maximum absolute atomic E-state index is 4.97. The summed E-state index contributed by atoms with van der Waals surface area (Å²) in [4.78, 5) is 23.6. The first kappa shape index (κ1) is 21.1. The maximum atomic E-state index is 4.97. The van der Waals surface area contributed by atoms with E-state index < -0.39 is 0 Å². The highest BCUT2D eigenvalue weighted by Crippen LogP contribution is 2.27. The number of aromatic nitrogens is 4. The van der Waals surface area contributed by atoms with Crippen molar-refractivity contribution in [3.63, 3.8) is 0 Å². The molecule has 168 valence electrons. The van der Waals surface area contributed by atoms with E-state index in [4.69, 9.17) is 9.97 Å². The Balaban J connectivity index is 1.39. The van der Waals surface area contributed by atoms with E-state index in [2.05, 4.69) is 68.4 Å². The van der Waals surface area contributed by atoms with Gasteiger partial charge in [-0.3, -0.25) is 0 Å². The van der Waals surface area contributed by atoms with E-state index in [0.717, 1.165) is 66.2 Å². The summed E-state index contributed by atoms with van der Waals surface area (Å²) in [5, 5.41) is 4.65. The van der Waals surface area contributed by atoms with Crippen LogP contribution >= 0.6 is 0 Å². The predicted octanol–water partition coefficient (Wildman–Crippen LogP) is 4.54. The fourth-order valence-electron chi connectivity index (χ4n) is 4.30. The minimum absolute atomic E-state index is 0.135. The Morgan fingerprint density at radius 3 is 1.97 bits per heavy atom. The SMILES string of the molecule is Cc1cc(C)nc(N2CCN(c3nc(NC(C)c4ccccc4)c4ccccc4n3)CC2)n1. The van der Waals surface area contributed by atoms with Crippen LogP contribution in [-0.4, -0.2) is 46.1 Å². The van der Waals surface area contributed by atoms with Gasteiger partial charge in [-0.15, -0.1) is 0 Å². The third-order valence-corrected chi connectivity index (χ3v) is 6.06. The number of para-hydroxylation sites is 1. The van der Waals surface area contributed by atoms with E-state index in [0.29, 0.717) is 0 Å². The molecule has 0 amide bonds. The molecule has 0 spiro atoms. The van der Waals surface area contributed by atoms with Gasteiger partial charge in [0.2, 0.25) is 11.9 Å². The second-order valence-corrected chi connectivity index (χ2v) is 8.59. The smallest absolute Gasteiger partial charge is 0.228 e. The fourth-order valence-corrected chi connectivity index (χ4v) is 4.30. The maximum Gasteiger partial charge on any atom is 0.228 e. The normalized spacial score (nSPS) is 15.0. The summed E-state index contributed by atoms with van der Waals surface area (Å²) in [6, 6.07) is 20.8. The van der Waals surface area contributed by atoms with Gasteiger partial charge < -0.3 is 15.1 Å². The third-order valence-electron chi connectivity index (χ3n) is 6.06. The van der Waals surface area contributed by atoms with Crippen molar-refractivity contribution < 1.29 is 0 Å². The molecule has 1 aliphatic rings. The highest BCUT2D eigenvalue weighted by molar-refractivity contribution is 5.90. The molecule has 2 aromatic carbocycles. The van der Waals surface area contributed by atoms with Crippen molar-refractivity contribution in [2.45, 2.75) is 26.8 Å². The Kier molecular flexibility index (Phi) is 5.77. The Morgan fingerprint density at radius 1 is 0.727 bits per heavy atom. The molecule has 1 N–H and O–H groups in total. The molecular formula is C26H29N7. The fraction of sp³-hybridized carbons (Fsp3) is 0.308. The molecular weight excluding hydrogens is 410 g/mol. The quantitative estimate of drug-likeness (QED) is 0.490. The zero-order valence-electron chi connectivity index (χ0n) is 19.4. The zero-order valence-corrected chi connectivity index (χ0v) is 19.4. The average molecular weight is 440 g/mol. The van der Waals surface area contributed by atoms with E-state index in [1.165, 1.54) is 5.56 Å². The largest absolute Gasteiger partial charge is 0.363 e. The van der Waals surface area contributed by atoms with E-state index in [1.54, 1.807) is 0 Å². The Hall–Kier alpha value is -3.74. The lowest BCUT2D eigenvalue weighted by atomic mass is 10.1. The van der Waals surface area contributed by atoms with Crippen LogP contribution in [0.25, 0.3) is 10.9 Å². The van der Waals surface area contributed by atoms with Crippen molar-refractivity contribution in [2.75, 3.05) is 41.3 Å². The summed E-state index contributed by atoms with van der Waals surface area (Å²) >= 11 is 0. The second-order valence-electron chi connectivity index (χ2n) is 8.59. The number of benzene rings is 2. The molecule has 3 heterocycles. The van der Waals surface area contributed by atoms with Gasteiger partial charge in [0.05, 0.1) is 5.52 Å². The number of piperazine rings is 1. The first-order valence-electron chi connectivity index (χ1n) is 11.5. The monoisotopic (exact) mass is 439 g/mol. The van der Waals surface area contributed by atoms with Gasteiger partial charge in [0.1, 0.15) is 5.82 Å². The molecule has 0 aliphatic carbocycles. The number of hydrogen-bond donors (Lipinski definition) is 1. The van der Waals surface area contributed by atoms with Crippen LogP contribution in [0.3, 0.4) is 0 Å². The van der Waals surface area contributed by atoms with Crippen molar-refractivity contribution >= 4 is 28.6 Å². The van der Waals surface area contributed by atoms with Crippen LogP contribution < -0.4 is 15.1 Å². The Bertz CT molecular complexity index is 1230. The molecule has 1 unspecified atom stereocenters. The first-order valence-corrected chi connectivity index (χ1v) is 11.5. The highest BCUT2D eigenvalue weighted by atomic mass is 15.4. The van der Waals surface area contributed by atoms with Gasteiger partial charge in [-0.2, -0.15) is 4.98 Å². The number of aryl methyl sites for hydroxylation is 2. The molecule has 1 saturated heterocycles. The molecule has 2 aromatic heterocycles. The van der Waals surface area contributed by atoms with Crippen LogP contribution in [0.2, 0.25) is 0 Å². The first-order chi connectivity index (χ1) is 16.1. The summed E-state index contributed by atoms with van der Waals surface area (Å²) in [7, 11) is 0. The molecule has 0 saturated carbocycles. The minimum atomic E-state index is 0.135. The zero-order chi connectivity index (χ0) is 22.8. The highest BCUT2D eigenvalue weighted by Gasteiger charge is 2.22. The summed E-state index contributed by atoms with van der Waals surface area (Å²) < 4.78 is 0. The number of rotatable bonds is 5. The van der Waals surface area contributed by atoms with Crippen molar-refractivity contribution in [3.05, 3.63) is 77.6 Å². The van der Waals surface area contributed by atoms with Crippen LogP contribution in [0.15, 0.2) is 60.7 Å². The lowest BCUT2D eigenvalue weighted by Gasteiger charge is -2.35. The van der Waals surface area contributed by atoms with Crippen LogP contribution in [0.4, 0.5) is 17.7 Å². The Morgan fingerprint density at radius 2 is 1.30 bits per heavy atom. The molecule has 1 fully saturated rings. The molecule has 7 heteroatoms. The molecule has 0 bridgehead atoms. The molecule has 1 aliphatic heterocycles. The number of nitrogens with one attached hydrogen (secondary N) is 1.